The van der Waals surface area contributed by atoms with Gasteiger partial charge in [0.25, 0.3) is 5.91 Å². The van der Waals surface area contributed by atoms with E-state index in [4.69, 9.17) is 0 Å². The standard InChI is InChI=1S/C20H18FN5O/c1-13(14-6-8-15(9-7-14)26-12-22-11-23-26)25(2)20(27)19-10-16-17(21)4-3-5-18(16)24-19/h3-13,24H,1-2H3. The van der Waals surface area contributed by atoms with E-state index in [0.717, 1.165) is 11.3 Å². The summed E-state index contributed by atoms with van der Waals surface area (Å²) in [6.07, 6.45) is 3.11. The van der Waals surface area contributed by atoms with Crippen molar-refractivity contribution >= 4 is 16.8 Å². The zero-order valence-corrected chi connectivity index (χ0v) is 14.9. The van der Waals surface area contributed by atoms with Crippen LogP contribution in [0.4, 0.5) is 4.39 Å². The summed E-state index contributed by atoms with van der Waals surface area (Å²) in [6.45, 7) is 1.95. The second kappa shape index (κ2) is 6.68. The van der Waals surface area contributed by atoms with E-state index in [2.05, 4.69) is 15.1 Å². The molecule has 1 amide bonds. The molecule has 0 aliphatic heterocycles. The summed E-state index contributed by atoms with van der Waals surface area (Å²) >= 11 is 0. The third-order valence-electron chi connectivity index (χ3n) is 4.80. The van der Waals surface area contributed by atoms with E-state index in [1.54, 1.807) is 41.2 Å². The fraction of sp³-hybridized carbons (Fsp3) is 0.150. The Morgan fingerprint density at radius 2 is 2.00 bits per heavy atom. The van der Waals surface area contributed by atoms with Crippen LogP contribution in [0.1, 0.15) is 29.0 Å². The Labute approximate surface area is 155 Å². The predicted molar refractivity (Wildman–Crippen MR) is 100 cm³/mol. The summed E-state index contributed by atoms with van der Waals surface area (Å²) < 4.78 is 15.6. The van der Waals surface area contributed by atoms with Crippen LogP contribution in [-0.4, -0.2) is 37.6 Å². The van der Waals surface area contributed by atoms with Crippen LogP contribution in [0.2, 0.25) is 0 Å². The first-order chi connectivity index (χ1) is 13.0. The molecule has 1 N–H and O–H groups in total. The first-order valence-corrected chi connectivity index (χ1v) is 8.54. The van der Waals surface area contributed by atoms with Crippen molar-refractivity contribution in [2.45, 2.75) is 13.0 Å². The Morgan fingerprint density at radius 1 is 1.22 bits per heavy atom. The number of hydrogen-bond donors (Lipinski definition) is 1. The Kier molecular flexibility index (Phi) is 4.19. The number of amides is 1. The number of carbonyl (C=O) groups excluding carboxylic acids is 1. The summed E-state index contributed by atoms with van der Waals surface area (Å²) in [5, 5.41) is 4.51. The Hall–Kier alpha value is -3.48. The molecular formula is C20H18FN5O. The summed E-state index contributed by atoms with van der Waals surface area (Å²) in [6, 6.07) is 13.9. The van der Waals surface area contributed by atoms with Crippen LogP contribution in [0.25, 0.3) is 16.6 Å². The quantitative estimate of drug-likeness (QED) is 0.601. The van der Waals surface area contributed by atoms with Gasteiger partial charge >= 0.3 is 0 Å². The van der Waals surface area contributed by atoms with Crippen molar-refractivity contribution in [2.24, 2.45) is 0 Å². The minimum Gasteiger partial charge on any atom is -0.350 e. The highest BCUT2D eigenvalue weighted by Gasteiger charge is 2.21. The second-order valence-electron chi connectivity index (χ2n) is 6.41. The number of fused-ring (bicyclic) bond motifs is 1. The molecule has 1 unspecified atom stereocenters. The molecule has 1 atom stereocenters. The molecule has 2 heterocycles. The van der Waals surface area contributed by atoms with Crippen molar-refractivity contribution in [3.8, 4) is 5.69 Å². The average molecular weight is 363 g/mol. The molecule has 0 fully saturated rings. The van der Waals surface area contributed by atoms with Crippen LogP contribution < -0.4 is 0 Å². The molecule has 0 spiro atoms. The van der Waals surface area contributed by atoms with E-state index < -0.39 is 0 Å². The van der Waals surface area contributed by atoms with Gasteiger partial charge in [-0.15, -0.1) is 0 Å². The van der Waals surface area contributed by atoms with Crippen molar-refractivity contribution in [2.75, 3.05) is 7.05 Å². The number of aromatic nitrogens is 4. The zero-order chi connectivity index (χ0) is 19.0. The van der Waals surface area contributed by atoms with Gasteiger partial charge in [-0.05, 0) is 42.8 Å². The van der Waals surface area contributed by atoms with Crippen molar-refractivity contribution in [3.63, 3.8) is 0 Å². The lowest BCUT2D eigenvalue weighted by atomic mass is 10.1. The van der Waals surface area contributed by atoms with Gasteiger partial charge < -0.3 is 9.88 Å². The van der Waals surface area contributed by atoms with E-state index in [0.29, 0.717) is 16.6 Å². The maximum atomic E-state index is 13.9. The fourth-order valence-electron chi connectivity index (χ4n) is 3.07. The maximum absolute atomic E-state index is 13.9. The number of nitrogens with one attached hydrogen (secondary N) is 1. The van der Waals surface area contributed by atoms with Crippen molar-refractivity contribution in [1.29, 1.82) is 0 Å². The first kappa shape index (κ1) is 17.0. The van der Waals surface area contributed by atoms with Gasteiger partial charge in [0.2, 0.25) is 0 Å². The normalized spacial score (nSPS) is 12.3. The van der Waals surface area contributed by atoms with E-state index in [-0.39, 0.29) is 17.8 Å². The molecule has 7 heteroatoms. The second-order valence-corrected chi connectivity index (χ2v) is 6.41. The van der Waals surface area contributed by atoms with Gasteiger partial charge in [-0.1, -0.05) is 18.2 Å². The van der Waals surface area contributed by atoms with Gasteiger partial charge in [-0.3, -0.25) is 4.79 Å². The van der Waals surface area contributed by atoms with Crippen LogP contribution in [0.15, 0.2) is 61.2 Å². The third-order valence-corrected chi connectivity index (χ3v) is 4.80. The van der Waals surface area contributed by atoms with Crippen LogP contribution in [0.5, 0.6) is 0 Å². The maximum Gasteiger partial charge on any atom is 0.270 e. The Bertz CT molecular complexity index is 1090. The highest BCUT2D eigenvalue weighted by atomic mass is 19.1. The molecule has 0 bridgehead atoms. The summed E-state index contributed by atoms with van der Waals surface area (Å²) in [5.41, 5.74) is 2.85. The molecule has 2 aromatic heterocycles. The summed E-state index contributed by atoms with van der Waals surface area (Å²) in [4.78, 5) is 21.4. The van der Waals surface area contributed by atoms with Crippen LogP contribution >= 0.6 is 0 Å². The highest BCUT2D eigenvalue weighted by molar-refractivity contribution is 5.98. The van der Waals surface area contributed by atoms with Gasteiger partial charge in [-0.25, -0.2) is 14.1 Å². The number of benzene rings is 2. The number of halogens is 1. The zero-order valence-electron chi connectivity index (χ0n) is 14.9. The van der Waals surface area contributed by atoms with Crippen molar-refractivity contribution in [1.82, 2.24) is 24.6 Å². The SMILES string of the molecule is CC(c1ccc(-n2cncn2)cc1)N(C)C(=O)c1cc2c(F)cccc2[nH]1. The lowest BCUT2D eigenvalue weighted by Gasteiger charge is -2.25. The number of nitrogens with zero attached hydrogens (tertiary/aromatic N) is 4. The number of aromatic amines is 1. The molecule has 0 saturated heterocycles. The molecule has 0 radical (unpaired) electrons. The Balaban J connectivity index is 1.56. The van der Waals surface area contributed by atoms with E-state index in [9.17, 15) is 9.18 Å². The molecule has 2 aromatic carbocycles. The highest BCUT2D eigenvalue weighted by Crippen LogP contribution is 2.24. The van der Waals surface area contributed by atoms with E-state index in [1.807, 2.05) is 31.2 Å². The minimum absolute atomic E-state index is 0.154. The number of H-pyrrole nitrogens is 1. The summed E-state index contributed by atoms with van der Waals surface area (Å²) in [5.74, 6) is -0.541. The van der Waals surface area contributed by atoms with Gasteiger partial charge in [0, 0.05) is 18.0 Å². The fourth-order valence-corrected chi connectivity index (χ4v) is 3.07. The van der Waals surface area contributed by atoms with Gasteiger partial charge in [0.15, 0.2) is 0 Å². The smallest absolute Gasteiger partial charge is 0.270 e. The average Bonchev–Trinajstić information content (AvgIpc) is 3.37. The molecule has 136 valence electrons. The van der Waals surface area contributed by atoms with Crippen LogP contribution in [-0.2, 0) is 0 Å². The molecule has 4 rings (SSSR count). The largest absolute Gasteiger partial charge is 0.350 e. The van der Waals surface area contributed by atoms with E-state index >= 15 is 0 Å². The van der Waals surface area contributed by atoms with Crippen molar-refractivity contribution < 1.29 is 9.18 Å². The van der Waals surface area contributed by atoms with Gasteiger partial charge in [0.05, 0.1) is 11.7 Å². The Morgan fingerprint density at radius 3 is 2.67 bits per heavy atom. The summed E-state index contributed by atoms with van der Waals surface area (Å²) in [7, 11) is 1.74. The topological polar surface area (TPSA) is 66.8 Å². The molecule has 0 aliphatic rings. The van der Waals surface area contributed by atoms with Crippen LogP contribution in [0, 0.1) is 5.82 Å². The lowest BCUT2D eigenvalue weighted by Crippen LogP contribution is -2.29. The minimum atomic E-state index is -0.345. The molecular weight excluding hydrogens is 345 g/mol. The van der Waals surface area contributed by atoms with Gasteiger partial charge in [0.1, 0.15) is 24.2 Å². The molecule has 6 nitrogen and oxygen atoms in total. The third kappa shape index (κ3) is 3.08. The van der Waals surface area contributed by atoms with Gasteiger partial charge in [-0.2, -0.15) is 5.10 Å². The van der Waals surface area contributed by atoms with Crippen molar-refractivity contribution in [3.05, 3.63) is 78.3 Å². The predicted octanol–water partition coefficient (Wildman–Crippen LogP) is 3.72. The van der Waals surface area contributed by atoms with Crippen LogP contribution in [0.3, 0.4) is 0 Å². The lowest BCUT2D eigenvalue weighted by molar-refractivity contribution is 0.0737. The number of hydrogen-bond acceptors (Lipinski definition) is 3. The molecule has 0 aliphatic carbocycles. The number of rotatable bonds is 4. The monoisotopic (exact) mass is 363 g/mol. The molecule has 4 aromatic rings. The molecule has 27 heavy (non-hydrogen) atoms. The van der Waals surface area contributed by atoms with E-state index in [1.165, 1.54) is 12.4 Å². The first-order valence-electron chi connectivity index (χ1n) is 8.54. The molecule has 0 saturated carbocycles. The number of carbonyl (C=O) groups is 1.